The van der Waals surface area contributed by atoms with E-state index < -0.39 is 28.6 Å². The number of fused-ring (bicyclic) bond motifs is 1. The maximum atomic E-state index is 13.0. The molecule has 1 heterocycles. The zero-order chi connectivity index (χ0) is 24.2. The fourth-order valence-electron chi connectivity index (χ4n) is 2.96. The summed E-state index contributed by atoms with van der Waals surface area (Å²) in [5, 5.41) is 2.19. The Morgan fingerprint density at radius 2 is 1.85 bits per heavy atom. The first-order valence-corrected chi connectivity index (χ1v) is 10.5. The van der Waals surface area contributed by atoms with E-state index in [2.05, 4.69) is 5.32 Å². The van der Waals surface area contributed by atoms with Crippen LogP contribution in [-0.4, -0.2) is 43.5 Å². The van der Waals surface area contributed by atoms with Gasteiger partial charge in [-0.2, -0.15) is 13.2 Å². The number of anilines is 1. The zero-order valence-corrected chi connectivity index (χ0v) is 18.9. The molecule has 0 fully saturated rings. The number of likely N-dealkylation sites (N-methyl/N-ethyl adjacent to an activating group) is 1. The number of halogens is 5. The van der Waals surface area contributed by atoms with E-state index in [9.17, 15) is 22.8 Å². The molecule has 176 valence electrons. The average molecular weight is 503 g/mol. The lowest BCUT2D eigenvalue weighted by Crippen LogP contribution is -2.33. The molecule has 1 aliphatic heterocycles. The van der Waals surface area contributed by atoms with Gasteiger partial charge in [-0.3, -0.25) is 9.59 Å². The van der Waals surface area contributed by atoms with Crippen LogP contribution < -0.4 is 14.8 Å². The van der Waals surface area contributed by atoms with Crippen molar-refractivity contribution in [3.63, 3.8) is 0 Å². The number of hydrogen-bond donors (Lipinski definition) is 1. The highest BCUT2D eigenvalue weighted by Crippen LogP contribution is 2.38. The summed E-state index contributed by atoms with van der Waals surface area (Å²) >= 11 is 11.8. The molecule has 3 rings (SSSR count). The number of carbonyl (C=O) groups excluding carboxylic acids is 2. The summed E-state index contributed by atoms with van der Waals surface area (Å²) < 4.78 is 50.0. The van der Waals surface area contributed by atoms with Gasteiger partial charge in [0.05, 0.1) is 35.4 Å². The van der Waals surface area contributed by atoms with Crippen LogP contribution in [0.5, 0.6) is 11.5 Å². The van der Waals surface area contributed by atoms with Crippen molar-refractivity contribution in [1.82, 2.24) is 4.90 Å². The summed E-state index contributed by atoms with van der Waals surface area (Å²) in [5.74, 6) is -0.253. The van der Waals surface area contributed by atoms with Crippen LogP contribution in [0, 0.1) is 0 Å². The van der Waals surface area contributed by atoms with Gasteiger partial charge in [-0.05, 0) is 42.0 Å². The predicted octanol–water partition coefficient (Wildman–Crippen LogP) is 5.28. The van der Waals surface area contributed by atoms with Gasteiger partial charge in [0.1, 0.15) is 0 Å². The Hall–Kier alpha value is -2.91. The topological polar surface area (TPSA) is 67.9 Å². The van der Waals surface area contributed by atoms with Gasteiger partial charge in [-0.25, -0.2) is 0 Å². The molecule has 0 spiro atoms. The summed E-state index contributed by atoms with van der Waals surface area (Å²) in [6.45, 7) is 0.585. The molecule has 33 heavy (non-hydrogen) atoms. The number of carbonyl (C=O) groups is 2. The highest BCUT2D eigenvalue weighted by molar-refractivity contribution is 6.32. The third kappa shape index (κ3) is 6.55. The maximum Gasteiger partial charge on any atom is 0.417 e. The van der Waals surface area contributed by atoms with Crippen molar-refractivity contribution in [3.8, 4) is 11.5 Å². The van der Waals surface area contributed by atoms with E-state index in [1.165, 1.54) is 25.3 Å². The van der Waals surface area contributed by atoms with Crippen molar-refractivity contribution in [3.05, 3.63) is 57.6 Å². The van der Waals surface area contributed by atoms with Crippen molar-refractivity contribution < 1.29 is 32.2 Å². The molecule has 0 saturated carbocycles. The van der Waals surface area contributed by atoms with E-state index >= 15 is 0 Å². The molecule has 0 bridgehead atoms. The first-order chi connectivity index (χ1) is 15.5. The molecule has 2 aromatic carbocycles. The second-order valence-electron chi connectivity index (χ2n) is 7.15. The van der Waals surface area contributed by atoms with Crippen molar-refractivity contribution in [2.45, 2.75) is 12.6 Å². The van der Waals surface area contributed by atoms with Crippen LogP contribution in [0.1, 0.15) is 17.5 Å². The van der Waals surface area contributed by atoms with E-state index in [0.717, 1.165) is 23.5 Å². The lowest BCUT2D eigenvalue weighted by atomic mass is 10.2. The Balaban J connectivity index is 1.62. The quantitative estimate of drug-likeness (QED) is 0.564. The van der Waals surface area contributed by atoms with E-state index in [1.54, 1.807) is 12.1 Å². The molecule has 0 aliphatic carbocycles. The Kier molecular flexibility index (Phi) is 7.76. The van der Waals surface area contributed by atoms with Gasteiger partial charge in [0.15, 0.2) is 11.5 Å². The third-order valence-electron chi connectivity index (χ3n) is 4.56. The van der Waals surface area contributed by atoms with Crippen molar-refractivity contribution in [1.29, 1.82) is 0 Å². The number of benzene rings is 2. The van der Waals surface area contributed by atoms with E-state index in [4.69, 9.17) is 32.7 Å². The van der Waals surface area contributed by atoms with Crippen LogP contribution in [-0.2, 0) is 15.8 Å². The van der Waals surface area contributed by atoms with Gasteiger partial charge in [0.2, 0.25) is 11.8 Å². The van der Waals surface area contributed by atoms with Gasteiger partial charge in [-0.15, -0.1) is 0 Å². The largest absolute Gasteiger partial charge is 0.489 e. The normalized spacial score (nSPS) is 13.5. The highest BCUT2D eigenvalue weighted by atomic mass is 35.5. The molecule has 0 aromatic heterocycles. The molecule has 1 N–H and O–H groups in total. The molecule has 6 nitrogen and oxygen atoms in total. The lowest BCUT2D eigenvalue weighted by molar-refractivity contribution is -0.137. The Bertz CT molecular complexity index is 1090. The average Bonchev–Trinajstić information content (AvgIpc) is 2.98. The molecule has 0 saturated heterocycles. The number of alkyl halides is 3. The number of nitrogens with one attached hydrogen (secondary N) is 1. The first kappa shape index (κ1) is 24.7. The molecule has 2 aromatic rings. The summed E-state index contributed by atoms with van der Waals surface area (Å²) in [4.78, 5) is 25.7. The van der Waals surface area contributed by atoms with Crippen LogP contribution in [0.2, 0.25) is 10.0 Å². The molecular formula is C22H19Cl2F3N2O4. The van der Waals surface area contributed by atoms with Crippen LogP contribution in [0.4, 0.5) is 18.9 Å². The van der Waals surface area contributed by atoms with E-state index in [1.807, 2.05) is 0 Å². The van der Waals surface area contributed by atoms with Crippen LogP contribution >= 0.6 is 23.2 Å². The molecular weight excluding hydrogens is 484 g/mol. The van der Waals surface area contributed by atoms with Crippen LogP contribution in [0.3, 0.4) is 0 Å². The van der Waals surface area contributed by atoms with Gasteiger partial charge in [0.25, 0.3) is 0 Å². The Morgan fingerprint density at radius 1 is 1.12 bits per heavy atom. The molecule has 1 aliphatic rings. The van der Waals surface area contributed by atoms with Gasteiger partial charge < -0.3 is 19.7 Å². The minimum absolute atomic E-state index is 0.0880. The van der Waals surface area contributed by atoms with Gasteiger partial charge in [0, 0.05) is 25.2 Å². The molecule has 0 atom stereocenters. The summed E-state index contributed by atoms with van der Waals surface area (Å²) in [6.07, 6.45) is -1.20. The summed E-state index contributed by atoms with van der Waals surface area (Å²) in [7, 11) is 1.39. The fourth-order valence-corrected chi connectivity index (χ4v) is 3.45. The zero-order valence-electron chi connectivity index (χ0n) is 17.3. The predicted molar refractivity (Wildman–Crippen MR) is 119 cm³/mol. The first-order valence-electron chi connectivity index (χ1n) is 9.73. The van der Waals surface area contributed by atoms with E-state index in [-0.39, 0.29) is 12.2 Å². The van der Waals surface area contributed by atoms with Crippen molar-refractivity contribution in [2.75, 3.05) is 32.1 Å². The minimum atomic E-state index is -4.66. The number of hydrogen-bond acceptors (Lipinski definition) is 4. The van der Waals surface area contributed by atoms with Crippen LogP contribution in [0.15, 0.2) is 36.4 Å². The summed E-state index contributed by atoms with van der Waals surface area (Å²) in [5.41, 5.74) is -0.561. The van der Waals surface area contributed by atoms with E-state index in [0.29, 0.717) is 35.3 Å². The number of ether oxygens (including phenoxy) is 2. The third-order valence-corrected chi connectivity index (χ3v) is 5.17. The van der Waals surface area contributed by atoms with Crippen molar-refractivity contribution >= 4 is 46.8 Å². The molecule has 11 heteroatoms. The monoisotopic (exact) mass is 502 g/mol. The second kappa shape index (κ2) is 10.4. The highest BCUT2D eigenvalue weighted by Gasteiger charge is 2.33. The number of rotatable bonds is 5. The number of amides is 2. The second-order valence-corrected chi connectivity index (χ2v) is 7.96. The lowest BCUT2D eigenvalue weighted by Gasteiger charge is -2.16. The maximum absolute atomic E-state index is 13.0. The minimum Gasteiger partial charge on any atom is -0.489 e. The smallest absolute Gasteiger partial charge is 0.417 e. The molecule has 0 unspecified atom stereocenters. The number of nitrogens with zero attached hydrogens (tertiary/aromatic N) is 1. The van der Waals surface area contributed by atoms with Gasteiger partial charge in [-0.1, -0.05) is 23.2 Å². The van der Waals surface area contributed by atoms with Crippen LogP contribution in [0.25, 0.3) is 6.08 Å². The Labute approximate surface area is 197 Å². The fraction of sp³-hybridized carbons (Fsp3) is 0.273. The standard InChI is InChI=1S/C22H19Cl2F3N2O4/c1-29(12-19(30)28-14-4-5-16(23)15(11-14)22(25,26)27)20(31)6-3-13-9-17(24)21-18(10-13)32-7-2-8-33-21/h3-6,9-11H,2,7-8,12H2,1H3,(H,28,30). The van der Waals surface area contributed by atoms with Crippen molar-refractivity contribution in [2.24, 2.45) is 0 Å². The molecule has 2 amide bonds. The Morgan fingerprint density at radius 3 is 2.58 bits per heavy atom. The molecule has 0 radical (unpaired) electrons. The van der Waals surface area contributed by atoms with Gasteiger partial charge >= 0.3 is 6.18 Å². The SMILES string of the molecule is CN(CC(=O)Nc1ccc(Cl)c(C(F)(F)F)c1)C(=O)C=Cc1cc(Cl)c2c(c1)OCCCO2. The summed E-state index contributed by atoms with van der Waals surface area (Å²) in [6, 6.07) is 6.31.